The molecular formula is C23H26ClN3O2. The van der Waals surface area contributed by atoms with Gasteiger partial charge < -0.3 is 15.5 Å². The molecular weight excluding hydrogens is 386 g/mol. The van der Waals surface area contributed by atoms with E-state index in [1.807, 2.05) is 62.3 Å². The van der Waals surface area contributed by atoms with Crippen LogP contribution in [0.5, 0.6) is 0 Å². The van der Waals surface area contributed by atoms with Crippen molar-refractivity contribution >= 4 is 41.3 Å². The monoisotopic (exact) mass is 411 g/mol. The lowest BCUT2D eigenvalue weighted by Crippen LogP contribution is -2.34. The second-order valence-electron chi connectivity index (χ2n) is 6.67. The molecule has 0 spiro atoms. The van der Waals surface area contributed by atoms with Crippen molar-refractivity contribution in [2.45, 2.75) is 13.3 Å². The quantitative estimate of drug-likeness (QED) is 0.643. The number of nitrogens with one attached hydrogen (secondary N) is 2. The minimum absolute atomic E-state index is 0.196. The third-order valence-electron chi connectivity index (χ3n) is 4.06. The summed E-state index contributed by atoms with van der Waals surface area (Å²) < 4.78 is 0. The number of carbonyl (C=O) groups is 2. The molecule has 2 aromatic carbocycles. The van der Waals surface area contributed by atoms with Crippen LogP contribution in [0.4, 0.5) is 5.69 Å². The van der Waals surface area contributed by atoms with E-state index in [1.54, 1.807) is 24.3 Å². The summed E-state index contributed by atoms with van der Waals surface area (Å²) in [4.78, 5) is 26.8. The largest absolute Gasteiger partial charge is 0.378 e. The molecule has 6 heteroatoms. The van der Waals surface area contributed by atoms with Crippen LogP contribution in [-0.2, 0) is 9.59 Å². The Labute approximate surface area is 177 Å². The molecule has 29 heavy (non-hydrogen) atoms. The van der Waals surface area contributed by atoms with E-state index < -0.39 is 0 Å². The van der Waals surface area contributed by atoms with Gasteiger partial charge in [0.05, 0.1) is 0 Å². The Hall–Kier alpha value is -3.05. The maximum Gasteiger partial charge on any atom is 0.267 e. The molecule has 0 heterocycles. The smallest absolute Gasteiger partial charge is 0.267 e. The van der Waals surface area contributed by atoms with Crippen molar-refractivity contribution in [3.8, 4) is 0 Å². The maximum absolute atomic E-state index is 12.5. The zero-order valence-corrected chi connectivity index (χ0v) is 17.7. The third kappa shape index (κ3) is 7.47. The molecule has 152 valence electrons. The number of rotatable bonds is 8. The summed E-state index contributed by atoms with van der Waals surface area (Å²) in [6.07, 6.45) is 5.53. The molecule has 0 fully saturated rings. The molecule has 2 aromatic rings. The van der Waals surface area contributed by atoms with Crippen LogP contribution in [-0.4, -0.2) is 32.5 Å². The van der Waals surface area contributed by atoms with Gasteiger partial charge in [0.25, 0.3) is 5.91 Å². The Morgan fingerprint density at radius 2 is 1.62 bits per heavy atom. The SMILES string of the molecule is CCCNC(=O)/C(=C/c1ccc(N(C)C)cc1)NC(=O)/C=C/c1ccc(Cl)cc1. The molecule has 0 radical (unpaired) electrons. The predicted molar refractivity (Wildman–Crippen MR) is 121 cm³/mol. The first kappa shape index (κ1) is 22.2. The lowest BCUT2D eigenvalue weighted by Gasteiger charge is -2.12. The molecule has 2 N–H and O–H groups in total. The number of halogens is 1. The van der Waals surface area contributed by atoms with Gasteiger partial charge in [-0.05, 0) is 54.0 Å². The van der Waals surface area contributed by atoms with Gasteiger partial charge in [0.1, 0.15) is 5.70 Å². The number of hydrogen-bond donors (Lipinski definition) is 2. The Balaban J connectivity index is 2.17. The Bertz CT molecular complexity index is 885. The van der Waals surface area contributed by atoms with Gasteiger partial charge in [-0.3, -0.25) is 9.59 Å². The van der Waals surface area contributed by atoms with Crippen LogP contribution in [0.2, 0.25) is 5.02 Å². The molecule has 0 aliphatic heterocycles. The summed E-state index contributed by atoms with van der Waals surface area (Å²) in [5, 5.41) is 6.11. The topological polar surface area (TPSA) is 61.4 Å². The second-order valence-corrected chi connectivity index (χ2v) is 7.11. The van der Waals surface area contributed by atoms with Crippen molar-refractivity contribution in [3.63, 3.8) is 0 Å². The molecule has 0 bridgehead atoms. The number of amides is 2. The fourth-order valence-electron chi connectivity index (χ4n) is 2.45. The number of nitrogens with zero attached hydrogens (tertiary/aromatic N) is 1. The van der Waals surface area contributed by atoms with E-state index in [9.17, 15) is 9.59 Å². The van der Waals surface area contributed by atoms with Crippen molar-refractivity contribution < 1.29 is 9.59 Å². The molecule has 0 unspecified atom stereocenters. The number of carbonyl (C=O) groups excluding carboxylic acids is 2. The molecule has 5 nitrogen and oxygen atoms in total. The average Bonchev–Trinajstić information content (AvgIpc) is 2.71. The lowest BCUT2D eigenvalue weighted by molar-refractivity contribution is -0.121. The first-order chi connectivity index (χ1) is 13.9. The van der Waals surface area contributed by atoms with Crippen molar-refractivity contribution in [1.29, 1.82) is 0 Å². The van der Waals surface area contributed by atoms with Gasteiger partial charge in [0.2, 0.25) is 5.91 Å². The average molecular weight is 412 g/mol. The highest BCUT2D eigenvalue weighted by molar-refractivity contribution is 6.30. The minimum Gasteiger partial charge on any atom is -0.378 e. The molecule has 0 saturated heterocycles. The van der Waals surface area contributed by atoms with Crippen LogP contribution in [0.3, 0.4) is 0 Å². The van der Waals surface area contributed by atoms with Crippen LogP contribution in [0.15, 0.2) is 60.3 Å². The molecule has 0 aliphatic rings. The molecule has 0 saturated carbocycles. The predicted octanol–water partition coefficient (Wildman–Crippen LogP) is 4.10. The number of hydrogen-bond acceptors (Lipinski definition) is 3. The van der Waals surface area contributed by atoms with Gasteiger partial charge in [-0.15, -0.1) is 0 Å². The summed E-state index contributed by atoms with van der Waals surface area (Å²) in [5.41, 5.74) is 2.90. The molecule has 2 rings (SSSR count). The Morgan fingerprint density at radius 3 is 2.21 bits per heavy atom. The van der Waals surface area contributed by atoms with Gasteiger partial charge >= 0.3 is 0 Å². The molecule has 0 atom stereocenters. The van der Waals surface area contributed by atoms with Crippen molar-refractivity contribution in [3.05, 3.63) is 76.5 Å². The normalized spacial score (nSPS) is 11.4. The summed E-state index contributed by atoms with van der Waals surface area (Å²) in [6, 6.07) is 14.8. The van der Waals surface area contributed by atoms with Gasteiger partial charge in [-0.2, -0.15) is 0 Å². The van der Waals surface area contributed by atoms with Crippen LogP contribution >= 0.6 is 11.6 Å². The van der Waals surface area contributed by atoms with E-state index in [2.05, 4.69) is 10.6 Å². The Morgan fingerprint density at radius 1 is 1.00 bits per heavy atom. The van der Waals surface area contributed by atoms with Crippen LogP contribution in [0, 0.1) is 0 Å². The van der Waals surface area contributed by atoms with Gasteiger partial charge in [0, 0.05) is 37.4 Å². The molecule has 2 amide bonds. The first-order valence-electron chi connectivity index (χ1n) is 9.41. The molecule has 0 aliphatic carbocycles. The first-order valence-corrected chi connectivity index (χ1v) is 9.78. The van der Waals surface area contributed by atoms with Crippen LogP contribution < -0.4 is 15.5 Å². The van der Waals surface area contributed by atoms with Gasteiger partial charge in [-0.1, -0.05) is 42.8 Å². The second kappa shape index (κ2) is 11.1. The molecule has 0 aromatic heterocycles. The van der Waals surface area contributed by atoms with Crippen LogP contribution in [0.1, 0.15) is 24.5 Å². The fraction of sp³-hybridized carbons (Fsp3) is 0.217. The van der Waals surface area contributed by atoms with E-state index in [1.165, 1.54) is 6.08 Å². The highest BCUT2D eigenvalue weighted by atomic mass is 35.5. The summed E-state index contributed by atoms with van der Waals surface area (Å²) in [7, 11) is 3.92. The van der Waals surface area contributed by atoms with Crippen molar-refractivity contribution in [1.82, 2.24) is 10.6 Å². The highest BCUT2D eigenvalue weighted by Crippen LogP contribution is 2.14. The summed E-state index contributed by atoms with van der Waals surface area (Å²) in [6.45, 7) is 2.50. The van der Waals surface area contributed by atoms with E-state index in [-0.39, 0.29) is 17.5 Å². The van der Waals surface area contributed by atoms with Gasteiger partial charge in [-0.25, -0.2) is 0 Å². The number of benzene rings is 2. The summed E-state index contributed by atoms with van der Waals surface area (Å²) in [5.74, 6) is -0.709. The lowest BCUT2D eigenvalue weighted by atomic mass is 10.1. The van der Waals surface area contributed by atoms with E-state index >= 15 is 0 Å². The van der Waals surface area contributed by atoms with E-state index in [0.29, 0.717) is 11.6 Å². The Kier molecular flexibility index (Phi) is 8.49. The van der Waals surface area contributed by atoms with Crippen molar-refractivity contribution in [2.75, 3.05) is 25.5 Å². The van der Waals surface area contributed by atoms with Crippen molar-refractivity contribution in [2.24, 2.45) is 0 Å². The standard InChI is InChI=1S/C23H26ClN3O2/c1-4-15-25-23(29)21(16-18-7-12-20(13-8-18)27(2)3)26-22(28)14-9-17-5-10-19(24)11-6-17/h5-14,16H,4,15H2,1-3H3,(H,25,29)(H,26,28)/b14-9+,21-16-. The third-order valence-corrected chi connectivity index (χ3v) is 4.31. The minimum atomic E-state index is -0.386. The van der Waals surface area contributed by atoms with E-state index in [0.717, 1.165) is 23.2 Å². The van der Waals surface area contributed by atoms with E-state index in [4.69, 9.17) is 11.6 Å². The van der Waals surface area contributed by atoms with Gasteiger partial charge in [0.15, 0.2) is 0 Å². The zero-order valence-electron chi connectivity index (χ0n) is 16.9. The highest BCUT2D eigenvalue weighted by Gasteiger charge is 2.11. The van der Waals surface area contributed by atoms with Crippen LogP contribution in [0.25, 0.3) is 12.2 Å². The fourth-order valence-corrected chi connectivity index (χ4v) is 2.57. The summed E-state index contributed by atoms with van der Waals surface area (Å²) >= 11 is 5.87. The zero-order chi connectivity index (χ0) is 21.2. The maximum atomic E-state index is 12.5. The number of anilines is 1.